The molecule has 2 atom stereocenters. The van der Waals surface area contributed by atoms with Gasteiger partial charge in [0.2, 0.25) is 0 Å². The van der Waals surface area contributed by atoms with Gasteiger partial charge in [-0.2, -0.15) is 0 Å². The van der Waals surface area contributed by atoms with Gasteiger partial charge in [-0.3, -0.25) is 0 Å². The summed E-state index contributed by atoms with van der Waals surface area (Å²) in [5, 5.41) is 4.54. The lowest BCUT2D eigenvalue weighted by molar-refractivity contribution is 0.363. The highest BCUT2D eigenvalue weighted by molar-refractivity contribution is 6.31. The average Bonchev–Trinajstić information content (AvgIpc) is 2.32. The third-order valence-electron chi connectivity index (χ3n) is 3.42. The fourth-order valence-corrected chi connectivity index (χ4v) is 2.78. The Kier molecular flexibility index (Phi) is 6.73. The summed E-state index contributed by atoms with van der Waals surface area (Å²) < 4.78 is 0. The van der Waals surface area contributed by atoms with E-state index in [0.29, 0.717) is 12.0 Å². The first-order valence-electron chi connectivity index (χ1n) is 7.09. The molecule has 0 saturated heterocycles. The van der Waals surface area contributed by atoms with Gasteiger partial charge in [0, 0.05) is 11.1 Å². The molecule has 1 aromatic rings. The van der Waals surface area contributed by atoms with Gasteiger partial charge in [0.05, 0.1) is 0 Å². The largest absolute Gasteiger partial charge is 0.310 e. The number of hydrogen-bond donors (Lipinski definition) is 1. The van der Waals surface area contributed by atoms with Crippen molar-refractivity contribution in [3.05, 3.63) is 34.3 Å². The second-order valence-corrected chi connectivity index (χ2v) is 5.63. The third kappa shape index (κ3) is 4.29. The molecular weight excluding hydrogens is 242 g/mol. The molecule has 0 aromatic heterocycles. The summed E-state index contributed by atoms with van der Waals surface area (Å²) in [6, 6.07) is 6.77. The van der Waals surface area contributed by atoms with Crippen molar-refractivity contribution in [3.8, 4) is 0 Å². The van der Waals surface area contributed by atoms with Crippen molar-refractivity contribution in [2.45, 2.75) is 53.0 Å². The van der Waals surface area contributed by atoms with E-state index in [1.54, 1.807) is 0 Å². The van der Waals surface area contributed by atoms with Crippen molar-refractivity contribution in [3.63, 3.8) is 0 Å². The van der Waals surface area contributed by atoms with Crippen molar-refractivity contribution < 1.29 is 0 Å². The first-order chi connectivity index (χ1) is 8.60. The second kappa shape index (κ2) is 7.81. The lowest BCUT2D eigenvalue weighted by Gasteiger charge is -2.26. The Labute approximate surface area is 117 Å². The van der Waals surface area contributed by atoms with Gasteiger partial charge in [0.15, 0.2) is 0 Å². The Bertz CT molecular complexity index is 362. The Morgan fingerprint density at radius 1 is 1.22 bits per heavy atom. The molecule has 0 fully saturated rings. The van der Waals surface area contributed by atoms with Gasteiger partial charge in [0.1, 0.15) is 0 Å². The SMILES string of the molecule is CCCNC(c1ccc(C)cc1Cl)C(C)CCC. The van der Waals surface area contributed by atoms with Crippen LogP contribution >= 0.6 is 11.6 Å². The van der Waals surface area contributed by atoms with Gasteiger partial charge in [-0.15, -0.1) is 0 Å². The zero-order valence-corrected chi connectivity index (χ0v) is 12.8. The predicted molar refractivity (Wildman–Crippen MR) is 81.3 cm³/mol. The van der Waals surface area contributed by atoms with Crippen LogP contribution < -0.4 is 5.32 Å². The van der Waals surface area contributed by atoms with Crippen LogP contribution in [0.5, 0.6) is 0 Å². The number of rotatable bonds is 7. The van der Waals surface area contributed by atoms with Crippen LogP contribution in [0.2, 0.25) is 5.02 Å². The van der Waals surface area contributed by atoms with Crippen molar-refractivity contribution >= 4 is 11.6 Å². The first-order valence-corrected chi connectivity index (χ1v) is 7.47. The molecule has 1 rings (SSSR count). The number of halogens is 1. The van der Waals surface area contributed by atoms with E-state index in [0.717, 1.165) is 18.0 Å². The zero-order valence-electron chi connectivity index (χ0n) is 12.1. The average molecular weight is 268 g/mol. The van der Waals surface area contributed by atoms with Crippen LogP contribution in [-0.4, -0.2) is 6.54 Å². The summed E-state index contributed by atoms with van der Waals surface area (Å²) >= 11 is 6.41. The molecule has 0 saturated carbocycles. The minimum absolute atomic E-state index is 0.373. The number of nitrogens with one attached hydrogen (secondary N) is 1. The quantitative estimate of drug-likeness (QED) is 0.723. The molecule has 0 bridgehead atoms. The summed E-state index contributed by atoms with van der Waals surface area (Å²) in [7, 11) is 0. The van der Waals surface area contributed by atoms with Gasteiger partial charge >= 0.3 is 0 Å². The second-order valence-electron chi connectivity index (χ2n) is 5.22. The lowest BCUT2D eigenvalue weighted by atomic mass is 9.90. The van der Waals surface area contributed by atoms with Crippen LogP contribution in [0.25, 0.3) is 0 Å². The molecule has 2 unspecified atom stereocenters. The fraction of sp³-hybridized carbons (Fsp3) is 0.625. The molecule has 0 aliphatic rings. The smallest absolute Gasteiger partial charge is 0.0456 e. The van der Waals surface area contributed by atoms with Crippen molar-refractivity contribution in [2.24, 2.45) is 5.92 Å². The number of benzene rings is 1. The number of aryl methyl sites for hydroxylation is 1. The number of hydrogen-bond acceptors (Lipinski definition) is 1. The molecule has 0 spiro atoms. The van der Waals surface area contributed by atoms with E-state index >= 15 is 0 Å². The van der Waals surface area contributed by atoms with Crippen LogP contribution in [0.3, 0.4) is 0 Å². The molecule has 0 radical (unpaired) electrons. The molecule has 0 heterocycles. The molecule has 0 aliphatic carbocycles. The van der Waals surface area contributed by atoms with E-state index < -0.39 is 0 Å². The Balaban J connectivity index is 2.93. The Morgan fingerprint density at radius 2 is 1.94 bits per heavy atom. The first kappa shape index (κ1) is 15.5. The van der Waals surface area contributed by atoms with E-state index in [9.17, 15) is 0 Å². The van der Waals surface area contributed by atoms with Gasteiger partial charge in [-0.1, -0.05) is 50.9 Å². The normalized spacial score (nSPS) is 14.5. The standard InChI is InChI=1S/C16H26ClN/c1-5-7-13(4)16(18-10-6-2)14-9-8-12(3)11-15(14)17/h8-9,11,13,16,18H,5-7,10H2,1-4H3. The summed E-state index contributed by atoms with van der Waals surface area (Å²) in [5.41, 5.74) is 2.47. The van der Waals surface area contributed by atoms with Crippen LogP contribution in [0, 0.1) is 12.8 Å². The van der Waals surface area contributed by atoms with Crippen LogP contribution in [0.1, 0.15) is 57.2 Å². The van der Waals surface area contributed by atoms with Crippen molar-refractivity contribution in [1.82, 2.24) is 5.32 Å². The van der Waals surface area contributed by atoms with E-state index in [-0.39, 0.29) is 0 Å². The van der Waals surface area contributed by atoms with Gasteiger partial charge in [-0.05, 0) is 49.4 Å². The topological polar surface area (TPSA) is 12.0 Å². The molecule has 1 aromatic carbocycles. The van der Waals surface area contributed by atoms with Gasteiger partial charge in [0.25, 0.3) is 0 Å². The van der Waals surface area contributed by atoms with Gasteiger partial charge in [-0.25, -0.2) is 0 Å². The van der Waals surface area contributed by atoms with Crippen molar-refractivity contribution in [2.75, 3.05) is 6.54 Å². The van der Waals surface area contributed by atoms with Crippen LogP contribution in [0.15, 0.2) is 18.2 Å². The van der Waals surface area contributed by atoms with E-state index in [1.165, 1.54) is 24.0 Å². The zero-order chi connectivity index (χ0) is 13.5. The maximum atomic E-state index is 6.41. The van der Waals surface area contributed by atoms with Crippen molar-refractivity contribution in [1.29, 1.82) is 0 Å². The Morgan fingerprint density at radius 3 is 2.50 bits per heavy atom. The highest BCUT2D eigenvalue weighted by Crippen LogP contribution is 2.31. The third-order valence-corrected chi connectivity index (χ3v) is 3.75. The molecule has 102 valence electrons. The monoisotopic (exact) mass is 267 g/mol. The molecule has 0 amide bonds. The van der Waals surface area contributed by atoms with E-state index in [1.807, 2.05) is 0 Å². The minimum Gasteiger partial charge on any atom is -0.310 e. The van der Waals surface area contributed by atoms with E-state index in [4.69, 9.17) is 11.6 Å². The maximum absolute atomic E-state index is 6.41. The molecule has 1 N–H and O–H groups in total. The summed E-state index contributed by atoms with van der Waals surface area (Å²) in [4.78, 5) is 0. The molecule has 18 heavy (non-hydrogen) atoms. The molecule has 0 aliphatic heterocycles. The highest BCUT2D eigenvalue weighted by Gasteiger charge is 2.20. The highest BCUT2D eigenvalue weighted by atomic mass is 35.5. The summed E-state index contributed by atoms with van der Waals surface area (Å²) in [5.74, 6) is 0.613. The minimum atomic E-state index is 0.373. The Hall–Kier alpha value is -0.530. The van der Waals surface area contributed by atoms with Crippen LogP contribution in [0.4, 0.5) is 0 Å². The van der Waals surface area contributed by atoms with Crippen LogP contribution in [-0.2, 0) is 0 Å². The lowest BCUT2D eigenvalue weighted by Crippen LogP contribution is -2.28. The maximum Gasteiger partial charge on any atom is 0.0456 e. The molecule has 2 heteroatoms. The molecular formula is C16H26ClN. The van der Waals surface area contributed by atoms with E-state index in [2.05, 4.69) is 51.2 Å². The predicted octanol–water partition coefficient (Wildman–Crippen LogP) is 5.13. The summed E-state index contributed by atoms with van der Waals surface area (Å²) in [6.45, 7) is 9.88. The fourth-order valence-electron chi connectivity index (χ4n) is 2.42. The molecule has 1 nitrogen and oxygen atoms in total. The summed E-state index contributed by atoms with van der Waals surface area (Å²) in [6.07, 6.45) is 3.60. The van der Waals surface area contributed by atoms with Gasteiger partial charge < -0.3 is 5.32 Å².